The summed E-state index contributed by atoms with van der Waals surface area (Å²) in [5, 5.41) is 0. The van der Waals surface area contributed by atoms with Gasteiger partial charge >= 0.3 is 0 Å². The first-order valence-corrected chi connectivity index (χ1v) is 5.83. The molecule has 0 spiro atoms. The van der Waals surface area contributed by atoms with E-state index in [1.807, 2.05) is 54.9 Å². The Hall–Kier alpha value is -2.36. The molecule has 90 valence electrons. The minimum atomic E-state index is 0.652. The van der Waals surface area contributed by atoms with Crippen LogP contribution in [0, 0.1) is 13.8 Å². The first-order chi connectivity index (χ1) is 8.66. The number of aryl methyl sites for hydroxylation is 2. The molecule has 0 saturated carbocycles. The lowest BCUT2D eigenvalue weighted by atomic mass is 10.2. The maximum atomic E-state index is 6.15. The number of nitrogens with two attached hydrogens (primary N) is 1. The van der Waals surface area contributed by atoms with Crippen molar-refractivity contribution >= 4 is 11.5 Å². The Labute approximate surface area is 105 Å². The van der Waals surface area contributed by atoms with Gasteiger partial charge in [-0.2, -0.15) is 0 Å². The summed E-state index contributed by atoms with van der Waals surface area (Å²) in [4.78, 5) is 8.89. The van der Waals surface area contributed by atoms with Crippen LogP contribution in [-0.4, -0.2) is 14.4 Å². The van der Waals surface area contributed by atoms with Crippen LogP contribution in [0.15, 0.2) is 36.7 Å². The first kappa shape index (κ1) is 10.8. The largest absolute Gasteiger partial charge is 0.383 e. The molecule has 0 aliphatic carbocycles. The highest BCUT2D eigenvalue weighted by atomic mass is 15.1. The van der Waals surface area contributed by atoms with Crippen LogP contribution in [0.3, 0.4) is 0 Å². The molecular weight excluding hydrogens is 224 g/mol. The molecule has 4 nitrogen and oxygen atoms in total. The molecule has 0 aromatic carbocycles. The van der Waals surface area contributed by atoms with Crippen molar-refractivity contribution in [3.05, 3.63) is 47.9 Å². The molecule has 2 N–H and O–H groups in total. The zero-order valence-electron chi connectivity index (χ0n) is 10.4. The highest BCUT2D eigenvalue weighted by Crippen LogP contribution is 2.26. The van der Waals surface area contributed by atoms with Crippen LogP contribution < -0.4 is 5.73 Å². The molecular formula is C14H14N4. The van der Waals surface area contributed by atoms with E-state index in [1.54, 1.807) is 0 Å². The zero-order valence-corrected chi connectivity index (χ0v) is 10.4. The fourth-order valence-electron chi connectivity index (χ4n) is 2.04. The lowest BCUT2D eigenvalue weighted by molar-refractivity contribution is 1.17. The summed E-state index contributed by atoms with van der Waals surface area (Å²) in [7, 11) is 0. The van der Waals surface area contributed by atoms with Gasteiger partial charge in [0.25, 0.3) is 0 Å². The summed E-state index contributed by atoms with van der Waals surface area (Å²) in [6.07, 6.45) is 3.73. The maximum absolute atomic E-state index is 6.15. The van der Waals surface area contributed by atoms with Gasteiger partial charge in [-0.1, -0.05) is 6.07 Å². The second-order valence-electron chi connectivity index (χ2n) is 4.42. The Balaban J connectivity index is 2.27. The Kier molecular flexibility index (Phi) is 2.30. The lowest BCUT2D eigenvalue weighted by Crippen LogP contribution is -1.94. The lowest BCUT2D eigenvalue weighted by Gasteiger charge is -1.99. The molecule has 3 rings (SSSR count). The van der Waals surface area contributed by atoms with Gasteiger partial charge in [0.1, 0.15) is 17.2 Å². The maximum Gasteiger partial charge on any atom is 0.142 e. The van der Waals surface area contributed by atoms with E-state index in [4.69, 9.17) is 5.73 Å². The third-order valence-corrected chi connectivity index (χ3v) is 3.07. The van der Waals surface area contributed by atoms with Crippen molar-refractivity contribution in [3.8, 4) is 11.3 Å². The van der Waals surface area contributed by atoms with E-state index in [1.165, 1.54) is 0 Å². The number of rotatable bonds is 1. The molecule has 0 amide bonds. The number of nitrogen functional groups attached to an aromatic ring is 1. The molecule has 0 unspecified atom stereocenters. The summed E-state index contributed by atoms with van der Waals surface area (Å²) >= 11 is 0. The zero-order chi connectivity index (χ0) is 12.7. The molecule has 3 heterocycles. The second-order valence-corrected chi connectivity index (χ2v) is 4.42. The van der Waals surface area contributed by atoms with Gasteiger partial charge in [0, 0.05) is 23.7 Å². The smallest absolute Gasteiger partial charge is 0.142 e. The van der Waals surface area contributed by atoms with Gasteiger partial charge in [-0.15, -0.1) is 0 Å². The number of anilines is 1. The molecule has 4 heteroatoms. The standard InChI is InChI=1S/C14H14N4/c1-9-4-3-7-18-13(15)12(17-14(9)18)11-6-5-10(2)16-8-11/h3-8H,15H2,1-2H3. The minimum absolute atomic E-state index is 0.652. The molecule has 0 saturated heterocycles. The van der Waals surface area contributed by atoms with Gasteiger partial charge in [-0.3, -0.25) is 9.38 Å². The van der Waals surface area contributed by atoms with Crippen LogP contribution in [0.5, 0.6) is 0 Å². The quantitative estimate of drug-likeness (QED) is 0.709. The van der Waals surface area contributed by atoms with Gasteiger partial charge in [0.05, 0.1) is 0 Å². The molecule has 0 radical (unpaired) electrons. The predicted octanol–water partition coefficient (Wildman–Crippen LogP) is 2.60. The molecule has 0 atom stereocenters. The van der Waals surface area contributed by atoms with Gasteiger partial charge < -0.3 is 5.73 Å². The van der Waals surface area contributed by atoms with Crippen molar-refractivity contribution in [2.45, 2.75) is 13.8 Å². The van der Waals surface area contributed by atoms with Crippen molar-refractivity contribution in [2.24, 2.45) is 0 Å². The number of hydrogen-bond acceptors (Lipinski definition) is 3. The topological polar surface area (TPSA) is 56.2 Å². The Morgan fingerprint density at radius 3 is 2.67 bits per heavy atom. The minimum Gasteiger partial charge on any atom is -0.383 e. The highest BCUT2D eigenvalue weighted by molar-refractivity contribution is 5.75. The van der Waals surface area contributed by atoms with Crippen molar-refractivity contribution in [2.75, 3.05) is 5.73 Å². The number of nitrogens with zero attached hydrogens (tertiary/aromatic N) is 3. The van der Waals surface area contributed by atoms with Crippen molar-refractivity contribution in [3.63, 3.8) is 0 Å². The fraction of sp³-hybridized carbons (Fsp3) is 0.143. The number of imidazole rings is 1. The predicted molar refractivity (Wildman–Crippen MR) is 72.3 cm³/mol. The van der Waals surface area contributed by atoms with E-state index < -0.39 is 0 Å². The van der Waals surface area contributed by atoms with Gasteiger partial charge in [0.15, 0.2) is 0 Å². The number of pyridine rings is 2. The summed E-state index contributed by atoms with van der Waals surface area (Å²) in [6.45, 7) is 3.99. The molecule has 0 fully saturated rings. The molecule has 0 aliphatic rings. The summed E-state index contributed by atoms with van der Waals surface area (Å²) in [5.74, 6) is 0.652. The van der Waals surface area contributed by atoms with E-state index in [0.717, 1.165) is 28.2 Å². The van der Waals surface area contributed by atoms with E-state index in [-0.39, 0.29) is 0 Å². The van der Waals surface area contributed by atoms with Crippen molar-refractivity contribution < 1.29 is 0 Å². The van der Waals surface area contributed by atoms with Crippen LogP contribution in [-0.2, 0) is 0 Å². The van der Waals surface area contributed by atoms with Crippen LogP contribution >= 0.6 is 0 Å². The van der Waals surface area contributed by atoms with E-state index in [0.29, 0.717) is 5.82 Å². The van der Waals surface area contributed by atoms with Gasteiger partial charge in [-0.25, -0.2) is 4.98 Å². The van der Waals surface area contributed by atoms with Crippen LogP contribution in [0.4, 0.5) is 5.82 Å². The summed E-state index contributed by atoms with van der Waals surface area (Å²) in [6, 6.07) is 7.96. The Bertz CT molecular complexity index is 710. The normalized spacial score (nSPS) is 11.0. The van der Waals surface area contributed by atoms with Crippen LogP contribution in [0.25, 0.3) is 16.9 Å². The average molecular weight is 238 g/mol. The Morgan fingerprint density at radius 2 is 2.00 bits per heavy atom. The average Bonchev–Trinajstić information content (AvgIpc) is 2.70. The monoisotopic (exact) mass is 238 g/mol. The molecule has 0 aliphatic heterocycles. The third kappa shape index (κ3) is 1.54. The SMILES string of the molecule is Cc1ccc(-c2nc3c(C)cccn3c2N)cn1. The molecule has 3 aromatic rings. The third-order valence-electron chi connectivity index (χ3n) is 3.07. The summed E-state index contributed by atoms with van der Waals surface area (Å²) in [5.41, 5.74) is 10.9. The van der Waals surface area contributed by atoms with Gasteiger partial charge in [0.2, 0.25) is 0 Å². The highest BCUT2D eigenvalue weighted by Gasteiger charge is 2.12. The fourth-order valence-corrected chi connectivity index (χ4v) is 2.04. The van der Waals surface area contributed by atoms with Crippen molar-refractivity contribution in [1.82, 2.24) is 14.4 Å². The van der Waals surface area contributed by atoms with E-state index >= 15 is 0 Å². The van der Waals surface area contributed by atoms with Crippen molar-refractivity contribution in [1.29, 1.82) is 0 Å². The van der Waals surface area contributed by atoms with Crippen LogP contribution in [0.2, 0.25) is 0 Å². The van der Waals surface area contributed by atoms with Crippen LogP contribution in [0.1, 0.15) is 11.3 Å². The number of fused-ring (bicyclic) bond motifs is 1. The van der Waals surface area contributed by atoms with Gasteiger partial charge in [-0.05, 0) is 37.6 Å². The first-order valence-electron chi connectivity index (χ1n) is 5.83. The number of aromatic nitrogens is 3. The summed E-state index contributed by atoms with van der Waals surface area (Å²) < 4.78 is 1.91. The molecule has 18 heavy (non-hydrogen) atoms. The van der Waals surface area contributed by atoms with E-state index in [9.17, 15) is 0 Å². The number of hydrogen-bond donors (Lipinski definition) is 1. The Morgan fingerprint density at radius 1 is 1.17 bits per heavy atom. The second kappa shape index (κ2) is 3.84. The molecule has 0 bridgehead atoms. The molecule has 3 aromatic heterocycles. The van der Waals surface area contributed by atoms with E-state index in [2.05, 4.69) is 9.97 Å².